The first-order valence-corrected chi connectivity index (χ1v) is 5.99. The van der Waals surface area contributed by atoms with Gasteiger partial charge < -0.3 is 4.48 Å². The molecule has 1 atom stereocenters. The summed E-state index contributed by atoms with van der Waals surface area (Å²) in [7, 11) is 0. The van der Waals surface area contributed by atoms with Crippen molar-refractivity contribution in [3.8, 4) is 0 Å². The zero-order chi connectivity index (χ0) is 10.2. The van der Waals surface area contributed by atoms with Crippen LogP contribution in [0.2, 0.25) is 0 Å². The molecule has 0 radical (unpaired) electrons. The molecule has 1 aliphatic carbocycles. The third-order valence-electron chi connectivity index (χ3n) is 3.94. The van der Waals surface area contributed by atoms with Crippen molar-refractivity contribution < 1.29 is 4.48 Å². The maximum Gasteiger partial charge on any atom is 0.103 e. The Morgan fingerprint density at radius 2 is 2.14 bits per heavy atom. The van der Waals surface area contributed by atoms with Crippen LogP contribution in [0.3, 0.4) is 0 Å². The van der Waals surface area contributed by atoms with E-state index in [1.54, 1.807) is 0 Å². The van der Waals surface area contributed by atoms with Crippen LogP contribution >= 0.6 is 11.6 Å². The normalized spacial score (nSPS) is 29.5. The summed E-state index contributed by atoms with van der Waals surface area (Å²) in [4.78, 5) is 0. The second-order valence-electron chi connectivity index (χ2n) is 4.52. The van der Waals surface area contributed by atoms with Crippen LogP contribution in [0.4, 0.5) is 0 Å². The Bertz CT molecular complexity index is 287. The van der Waals surface area contributed by atoms with E-state index in [9.17, 15) is 0 Å². The summed E-state index contributed by atoms with van der Waals surface area (Å²) in [5.74, 6) is 0.729. The highest BCUT2D eigenvalue weighted by Gasteiger charge is 2.40. The lowest BCUT2D eigenvalue weighted by Crippen LogP contribution is -2.45. The van der Waals surface area contributed by atoms with E-state index in [2.05, 4.69) is 26.0 Å². The molecule has 1 fully saturated rings. The fourth-order valence-corrected chi connectivity index (χ4v) is 3.07. The van der Waals surface area contributed by atoms with Gasteiger partial charge in [-0.05, 0) is 26.3 Å². The Labute approximate surface area is 91.6 Å². The molecule has 14 heavy (non-hydrogen) atoms. The molecule has 2 aliphatic rings. The Hall–Kier alpha value is -0.270. The first-order valence-electron chi connectivity index (χ1n) is 5.61. The minimum Gasteiger partial charge on any atom is -0.320 e. The van der Waals surface area contributed by atoms with Gasteiger partial charge >= 0.3 is 0 Å². The monoisotopic (exact) mass is 212 g/mol. The van der Waals surface area contributed by atoms with Crippen LogP contribution in [-0.2, 0) is 0 Å². The molecule has 2 rings (SSSR count). The molecular weight excluding hydrogens is 194 g/mol. The van der Waals surface area contributed by atoms with Gasteiger partial charge in [-0.3, -0.25) is 0 Å². The summed E-state index contributed by atoms with van der Waals surface area (Å²) in [6.45, 7) is 9.54. The van der Waals surface area contributed by atoms with Crippen LogP contribution in [0.5, 0.6) is 0 Å². The van der Waals surface area contributed by atoms with Gasteiger partial charge in [-0.15, -0.1) is 0 Å². The summed E-state index contributed by atoms with van der Waals surface area (Å²) in [5.41, 5.74) is 1.51. The SMILES string of the molecule is CC[N+]1(CC)CC2=C(Cl)C=CC[C@H]2C1. The molecule has 1 aliphatic heterocycles. The second kappa shape index (κ2) is 3.71. The van der Waals surface area contributed by atoms with E-state index in [0.29, 0.717) is 0 Å². The zero-order valence-electron chi connectivity index (χ0n) is 9.09. The number of fused-ring (bicyclic) bond motifs is 1. The Kier molecular flexibility index (Phi) is 2.72. The van der Waals surface area contributed by atoms with Crippen molar-refractivity contribution in [1.82, 2.24) is 0 Å². The number of hydrogen-bond donors (Lipinski definition) is 0. The molecule has 0 unspecified atom stereocenters. The van der Waals surface area contributed by atoms with Crippen LogP contribution in [0.15, 0.2) is 22.8 Å². The Balaban J connectivity index is 2.25. The van der Waals surface area contributed by atoms with Crippen LogP contribution < -0.4 is 0 Å². The topological polar surface area (TPSA) is 0 Å². The molecular formula is C12H19ClN+. The predicted octanol–water partition coefficient (Wildman–Crippen LogP) is 2.93. The van der Waals surface area contributed by atoms with Gasteiger partial charge in [-0.1, -0.05) is 17.7 Å². The summed E-state index contributed by atoms with van der Waals surface area (Å²) in [6.07, 6.45) is 5.51. The summed E-state index contributed by atoms with van der Waals surface area (Å²) >= 11 is 6.24. The van der Waals surface area contributed by atoms with Gasteiger partial charge in [0.1, 0.15) is 6.54 Å². The highest BCUT2D eigenvalue weighted by Crippen LogP contribution is 2.37. The number of halogens is 1. The second-order valence-corrected chi connectivity index (χ2v) is 4.93. The number of nitrogens with zero attached hydrogens (tertiary/aromatic N) is 1. The van der Waals surface area contributed by atoms with Crippen molar-refractivity contribution in [1.29, 1.82) is 0 Å². The number of allylic oxidation sites excluding steroid dienone is 3. The van der Waals surface area contributed by atoms with Gasteiger partial charge in [0.25, 0.3) is 0 Å². The molecule has 0 amide bonds. The zero-order valence-corrected chi connectivity index (χ0v) is 9.85. The molecule has 78 valence electrons. The maximum atomic E-state index is 6.24. The van der Waals surface area contributed by atoms with Gasteiger partial charge in [-0.2, -0.15) is 0 Å². The lowest BCUT2D eigenvalue weighted by atomic mass is 9.95. The molecule has 1 saturated heterocycles. The quantitative estimate of drug-likeness (QED) is 0.618. The molecule has 0 aromatic carbocycles. The van der Waals surface area contributed by atoms with Crippen molar-refractivity contribution >= 4 is 11.6 Å². The van der Waals surface area contributed by atoms with E-state index >= 15 is 0 Å². The molecule has 0 saturated carbocycles. The number of likely N-dealkylation sites (N-methyl/N-ethyl adjacent to an activating group) is 1. The summed E-state index contributed by atoms with van der Waals surface area (Å²) in [6, 6.07) is 0. The lowest BCUT2D eigenvalue weighted by Gasteiger charge is -2.31. The molecule has 0 N–H and O–H groups in total. The van der Waals surface area contributed by atoms with E-state index in [-0.39, 0.29) is 0 Å². The van der Waals surface area contributed by atoms with Crippen molar-refractivity contribution in [2.24, 2.45) is 5.92 Å². The number of likely N-dealkylation sites (tertiary alicyclic amines) is 1. The fourth-order valence-electron chi connectivity index (χ4n) is 2.77. The average Bonchev–Trinajstić information content (AvgIpc) is 2.59. The summed E-state index contributed by atoms with van der Waals surface area (Å²) < 4.78 is 1.23. The molecule has 1 heterocycles. The van der Waals surface area contributed by atoms with E-state index < -0.39 is 0 Å². The Morgan fingerprint density at radius 1 is 1.43 bits per heavy atom. The Morgan fingerprint density at radius 3 is 2.71 bits per heavy atom. The maximum absolute atomic E-state index is 6.24. The molecule has 1 nitrogen and oxygen atoms in total. The van der Waals surface area contributed by atoms with E-state index in [0.717, 1.165) is 11.0 Å². The molecule has 0 spiro atoms. The van der Waals surface area contributed by atoms with E-state index in [1.165, 1.54) is 42.7 Å². The standard InChI is InChI=1S/C12H19ClN/c1-3-14(4-2)8-10-6-5-7-12(13)11(10)9-14/h5,7,10H,3-4,6,8-9H2,1-2H3/q+1/t10-/m0/s1. The minimum atomic E-state index is 0.729. The van der Waals surface area contributed by atoms with E-state index in [1.807, 2.05) is 0 Å². The van der Waals surface area contributed by atoms with Gasteiger partial charge in [0, 0.05) is 16.5 Å². The molecule has 2 heteroatoms. The van der Waals surface area contributed by atoms with Gasteiger partial charge in [0.2, 0.25) is 0 Å². The lowest BCUT2D eigenvalue weighted by molar-refractivity contribution is -0.912. The third kappa shape index (κ3) is 1.53. The van der Waals surface area contributed by atoms with Gasteiger partial charge in [0.05, 0.1) is 19.6 Å². The molecule has 0 aromatic rings. The molecule has 0 bridgehead atoms. The van der Waals surface area contributed by atoms with Crippen LogP contribution in [0, 0.1) is 5.92 Å². The number of rotatable bonds is 2. The van der Waals surface area contributed by atoms with Crippen LogP contribution in [0.25, 0.3) is 0 Å². The van der Waals surface area contributed by atoms with Crippen molar-refractivity contribution in [3.05, 3.63) is 22.8 Å². The van der Waals surface area contributed by atoms with Gasteiger partial charge in [-0.25, -0.2) is 0 Å². The van der Waals surface area contributed by atoms with Crippen LogP contribution in [-0.4, -0.2) is 30.7 Å². The first-order chi connectivity index (χ1) is 6.71. The minimum absolute atomic E-state index is 0.729. The smallest absolute Gasteiger partial charge is 0.103 e. The highest BCUT2D eigenvalue weighted by molar-refractivity contribution is 6.31. The van der Waals surface area contributed by atoms with Gasteiger partial charge in [0.15, 0.2) is 0 Å². The number of hydrogen-bond acceptors (Lipinski definition) is 0. The molecule has 0 aromatic heterocycles. The van der Waals surface area contributed by atoms with Crippen molar-refractivity contribution in [2.45, 2.75) is 20.3 Å². The summed E-state index contributed by atoms with van der Waals surface area (Å²) in [5, 5.41) is 1.02. The highest BCUT2D eigenvalue weighted by atomic mass is 35.5. The largest absolute Gasteiger partial charge is 0.320 e. The predicted molar refractivity (Wildman–Crippen MR) is 61.2 cm³/mol. The fraction of sp³-hybridized carbons (Fsp3) is 0.667. The average molecular weight is 213 g/mol. The third-order valence-corrected chi connectivity index (χ3v) is 4.31. The number of quaternary nitrogens is 1. The van der Waals surface area contributed by atoms with E-state index in [4.69, 9.17) is 11.6 Å². The van der Waals surface area contributed by atoms with Crippen molar-refractivity contribution in [2.75, 3.05) is 26.2 Å². The first kappa shape index (κ1) is 10.3. The van der Waals surface area contributed by atoms with Crippen LogP contribution in [0.1, 0.15) is 20.3 Å². The van der Waals surface area contributed by atoms with Crippen molar-refractivity contribution in [3.63, 3.8) is 0 Å².